The zero-order valence-corrected chi connectivity index (χ0v) is 22.3. The van der Waals surface area contributed by atoms with E-state index in [-0.39, 0.29) is 40.0 Å². The molecule has 4 N–H and O–H groups in total. The van der Waals surface area contributed by atoms with Gasteiger partial charge in [-0.25, -0.2) is 18.4 Å². The molecule has 4 rings (SSSR count). The van der Waals surface area contributed by atoms with E-state index in [2.05, 4.69) is 25.3 Å². The lowest BCUT2D eigenvalue weighted by atomic mass is 9.92. The Hall–Kier alpha value is -4.38. The molecule has 1 aromatic heterocycles. The first-order chi connectivity index (χ1) is 17.9. The number of rotatable bonds is 8. The maximum absolute atomic E-state index is 13.4. The summed E-state index contributed by atoms with van der Waals surface area (Å²) >= 11 is 0. The van der Waals surface area contributed by atoms with Gasteiger partial charge < -0.3 is 20.5 Å². The Morgan fingerprint density at radius 3 is 2.26 bits per heavy atom. The largest absolute Gasteiger partial charge is 0.508 e. The molecular formula is C27H29N5O5S. The molecule has 0 saturated carbocycles. The molecule has 0 aliphatic rings. The Kier molecular flexibility index (Phi) is 7.40. The lowest BCUT2D eigenvalue weighted by Gasteiger charge is -2.17. The normalized spacial score (nSPS) is 11.7. The zero-order valence-electron chi connectivity index (χ0n) is 21.4. The monoisotopic (exact) mass is 535 g/mol. The van der Waals surface area contributed by atoms with Gasteiger partial charge in [0.25, 0.3) is 10.0 Å². The summed E-state index contributed by atoms with van der Waals surface area (Å²) in [7, 11) is -2.66. The van der Waals surface area contributed by atoms with Crippen LogP contribution in [0.4, 0.5) is 23.0 Å². The summed E-state index contributed by atoms with van der Waals surface area (Å²) in [5.41, 5.74) is 1.57. The summed E-state index contributed by atoms with van der Waals surface area (Å²) < 4.78 is 34.5. The van der Waals surface area contributed by atoms with Crippen molar-refractivity contribution >= 4 is 50.0 Å². The lowest BCUT2D eigenvalue weighted by Crippen LogP contribution is -2.20. The Labute approximate surface area is 221 Å². The fourth-order valence-electron chi connectivity index (χ4n) is 3.68. The minimum absolute atomic E-state index is 0.0480. The van der Waals surface area contributed by atoms with Crippen molar-refractivity contribution in [2.24, 2.45) is 5.41 Å². The van der Waals surface area contributed by atoms with Crippen LogP contribution in [0.3, 0.4) is 0 Å². The van der Waals surface area contributed by atoms with Gasteiger partial charge in [-0.3, -0.25) is 9.52 Å². The van der Waals surface area contributed by atoms with Crippen molar-refractivity contribution in [2.45, 2.75) is 32.1 Å². The second-order valence-electron chi connectivity index (χ2n) is 9.87. The molecule has 0 aliphatic carbocycles. The number of fused-ring (bicyclic) bond motifs is 1. The highest BCUT2D eigenvalue weighted by Gasteiger charge is 2.21. The van der Waals surface area contributed by atoms with E-state index in [1.54, 1.807) is 42.5 Å². The van der Waals surface area contributed by atoms with Crippen LogP contribution in [0.15, 0.2) is 71.6 Å². The van der Waals surface area contributed by atoms with E-state index in [0.29, 0.717) is 28.2 Å². The zero-order chi connectivity index (χ0) is 27.5. The number of ether oxygens (including phenoxy) is 1. The minimum Gasteiger partial charge on any atom is -0.508 e. The number of phenolic OH excluding ortho intramolecular Hbond substituents is 1. The van der Waals surface area contributed by atoms with Crippen molar-refractivity contribution < 1.29 is 23.1 Å². The number of nitrogens with one attached hydrogen (secondary N) is 3. The lowest BCUT2D eigenvalue weighted by molar-refractivity contribution is -0.117. The molecule has 0 fully saturated rings. The van der Waals surface area contributed by atoms with Gasteiger partial charge in [-0.15, -0.1) is 0 Å². The molecule has 1 heterocycles. The fraction of sp³-hybridized carbons (Fsp3) is 0.222. The fourth-order valence-corrected chi connectivity index (χ4v) is 4.74. The molecule has 3 aromatic carbocycles. The van der Waals surface area contributed by atoms with Gasteiger partial charge in [0, 0.05) is 36.0 Å². The van der Waals surface area contributed by atoms with Gasteiger partial charge in [0.1, 0.15) is 11.5 Å². The van der Waals surface area contributed by atoms with Crippen molar-refractivity contribution in [2.75, 3.05) is 22.5 Å². The number of sulfonamides is 1. The van der Waals surface area contributed by atoms with Gasteiger partial charge >= 0.3 is 0 Å². The first-order valence-corrected chi connectivity index (χ1v) is 13.2. The predicted octanol–water partition coefficient (Wildman–Crippen LogP) is 5.26. The predicted molar refractivity (Wildman–Crippen MR) is 147 cm³/mol. The SMILES string of the molecule is COc1cc(O)cc(Nc2nc3ccccc3nc2NS(=O)(=O)c2cccc(NC(=O)CC(C)(C)C)c2)c1. The van der Waals surface area contributed by atoms with Crippen molar-refractivity contribution in [3.05, 3.63) is 66.7 Å². The van der Waals surface area contributed by atoms with Crippen molar-refractivity contribution in [3.63, 3.8) is 0 Å². The van der Waals surface area contributed by atoms with Crippen LogP contribution < -0.4 is 20.1 Å². The van der Waals surface area contributed by atoms with Crippen molar-refractivity contribution in [1.29, 1.82) is 0 Å². The highest BCUT2D eigenvalue weighted by Crippen LogP contribution is 2.31. The molecule has 0 bridgehead atoms. The smallest absolute Gasteiger partial charge is 0.263 e. The number of hydrogen-bond donors (Lipinski definition) is 4. The standard InChI is InChI=1S/C27H29N5O5S/c1-27(2,3)16-24(34)28-17-8-7-9-21(14-17)38(35,36)32-26-25(30-22-10-5-6-11-23(22)31-26)29-18-12-19(33)15-20(13-18)37-4/h5-15,33H,16H2,1-4H3,(H,28,34)(H,29,30)(H,31,32). The molecule has 0 atom stereocenters. The van der Waals surface area contributed by atoms with Gasteiger partial charge in [0.2, 0.25) is 5.91 Å². The number of hydrogen-bond acceptors (Lipinski definition) is 8. The van der Waals surface area contributed by atoms with Gasteiger partial charge in [-0.2, -0.15) is 0 Å². The maximum Gasteiger partial charge on any atom is 0.263 e. The number of methoxy groups -OCH3 is 1. The third-order valence-corrected chi connectivity index (χ3v) is 6.65. The van der Waals surface area contributed by atoms with Crippen LogP contribution in [-0.4, -0.2) is 36.5 Å². The van der Waals surface area contributed by atoms with Gasteiger partial charge in [0.05, 0.1) is 23.0 Å². The number of carbonyl (C=O) groups is 1. The number of aromatic hydroxyl groups is 1. The topological polar surface area (TPSA) is 143 Å². The number of anilines is 4. The van der Waals surface area contributed by atoms with Crippen LogP contribution >= 0.6 is 0 Å². The number of nitrogens with zero attached hydrogens (tertiary/aromatic N) is 2. The highest BCUT2D eigenvalue weighted by atomic mass is 32.2. The quantitative estimate of drug-likeness (QED) is 0.239. The van der Waals surface area contributed by atoms with Gasteiger partial charge in [-0.1, -0.05) is 39.0 Å². The molecule has 38 heavy (non-hydrogen) atoms. The number of amides is 1. The van der Waals surface area contributed by atoms with Crippen LogP contribution in [0.5, 0.6) is 11.5 Å². The summed E-state index contributed by atoms with van der Waals surface area (Å²) in [6.07, 6.45) is 0.282. The molecule has 0 aliphatic heterocycles. The average molecular weight is 536 g/mol. The molecule has 0 radical (unpaired) electrons. The van der Waals surface area contributed by atoms with Crippen LogP contribution in [0.2, 0.25) is 0 Å². The van der Waals surface area contributed by atoms with E-state index >= 15 is 0 Å². The third-order valence-electron chi connectivity index (χ3n) is 5.31. The first kappa shape index (κ1) is 26.7. The second-order valence-corrected chi connectivity index (χ2v) is 11.6. The van der Waals surface area contributed by atoms with Gasteiger partial charge in [0.15, 0.2) is 11.6 Å². The van der Waals surface area contributed by atoms with Gasteiger partial charge in [-0.05, 0) is 35.7 Å². The summed E-state index contributed by atoms with van der Waals surface area (Å²) in [6.45, 7) is 5.83. The number of aromatic nitrogens is 2. The maximum atomic E-state index is 13.4. The molecule has 0 spiro atoms. The number of carbonyl (C=O) groups excluding carboxylic acids is 1. The van der Waals surface area contributed by atoms with E-state index in [1.807, 2.05) is 20.8 Å². The van der Waals surface area contributed by atoms with E-state index in [0.717, 1.165) is 0 Å². The number of para-hydroxylation sites is 2. The molecule has 10 nitrogen and oxygen atoms in total. The highest BCUT2D eigenvalue weighted by molar-refractivity contribution is 7.92. The van der Waals surface area contributed by atoms with Crippen LogP contribution in [0.1, 0.15) is 27.2 Å². The summed E-state index contributed by atoms with van der Waals surface area (Å²) in [6, 6.07) is 17.5. The van der Waals surface area contributed by atoms with Crippen molar-refractivity contribution in [1.82, 2.24) is 9.97 Å². The van der Waals surface area contributed by atoms with E-state index in [1.165, 1.54) is 31.4 Å². The number of benzene rings is 3. The molecule has 4 aromatic rings. The van der Waals surface area contributed by atoms with Crippen LogP contribution in [-0.2, 0) is 14.8 Å². The summed E-state index contributed by atoms with van der Waals surface area (Å²) in [5.74, 6) is 0.206. The molecule has 11 heteroatoms. The molecule has 198 valence electrons. The van der Waals surface area contributed by atoms with E-state index in [4.69, 9.17) is 4.74 Å². The first-order valence-electron chi connectivity index (χ1n) is 11.8. The summed E-state index contributed by atoms with van der Waals surface area (Å²) in [4.78, 5) is 21.3. The molecule has 0 unspecified atom stereocenters. The molecular weight excluding hydrogens is 506 g/mol. The second kappa shape index (κ2) is 10.5. The van der Waals surface area contributed by atoms with Crippen LogP contribution in [0, 0.1) is 5.41 Å². The Bertz CT molecular complexity index is 1600. The number of phenols is 1. The third kappa shape index (κ3) is 6.68. The van der Waals surface area contributed by atoms with E-state index in [9.17, 15) is 18.3 Å². The minimum atomic E-state index is -4.13. The van der Waals surface area contributed by atoms with Crippen molar-refractivity contribution in [3.8, 4) is 11.5 Å². The Balaban J connectivity index is 1.68. The van der Waals surface area contributed by atoms with E-state index < -0.39 is 10.0 Å². The Morgan fingerprint density at radius 1 is 0.921 bits per heavy atom. The molecule has 0 saturated heterocycles. The van der Waals surface area contributed by atoms with Crippen LogP contribution in [0.25, 0.3) is 11.0 Å². The molecule has 1 amide bonds. The average Bonchev–Trinajstić information content (AvgIpc) is 2.82. The summed E-state index contributed by atoms with van der Waals surface area (Å²) in [5, 5.41) is 15.8. The Morgan fingerprint density at radius 2 is 1.61 bits per heavy atom.